The Hall–Kier alpha value is -3.60. The average molecular weight is 573 g/mol. The monoisotopic (exact) mass is 572 g/mol. The van der Waals surface area contributed by atoms with Crippen molar-refractivity contribution in [3.05, 3.63) is 65.7 Å². The van der Waals surface area contributed by atoms with Crippen LogP contribution in [0.15, 0.2) is 54.6 Å². The van der Waals surface area contributed by atoms with Crippen LogP contribution in [0.3, 0.4) is 0 Å². The third-order valence-corrected chi connectivity index (χ3v) is 5.94. The van der Waals surface area contributed by atoms with Crippen LogP contribution < -0.4 is 22.5 Å². The Labute approximate surface area is 243 Å². The molecule has 2 aromatic carbocycles. The van der Waals surface area contributed by atoms with E-state index in [-0.39, 0.29) is 12.3 Å². The van der Waals surface area contributed by atoms with Gasteiger partial charge in [0.05, 0.1) is 6.42 Å². The quantitative estimate of drug-likeness (QED) is 0.167. The lowest BCUT2D eigenvalue weighted by molar-refractivity contribution is -0.139. The molecule has 10 nitrogen and oxygen atoms in total. The zero-order chi connectivity index (χ0) is 30.9. The van der Waals surface area contributed by atoms with Crippen LogP contribution in [0.1, 0.15) is 87.1 Å². The smallest absolute Gasteiger partial charge is 0.320 e. The first-order valence-corrected chi connectivity index (χ1v) is 14.2. The highest BCUT2D eigenvalue weighted by Crippen LogP contribution is 2.14. The lowest BCUT2D eigenvalue weighted by atomic mass is 9.97. The molecule has 1 aliphatic carbocycles. The molecule has 0 aromatic heterocycles. The molecule has 1 saturated carbocycles. The summed E-state index contributed by atoms with van der Waals surface area (Å²) in [5.41, 5.74) is 18.2. The second-order valence-electron chi connectivity index (χ2n) is 9.72. The number of hydrogen-bond donors (Lipinski definition) is 6. The Kier molecular flexibility index (Phi) is 22.1. The van der Waals surface area contributed by atoms with Crippen LogP contribution in [0, 0.1) is 0 Å². The SMILES string of the molecule is CCCC(=O)Nc1ccc(C=O)cc1.NC1CCCCC1.NCCCCC(N)C(=O)O.O=C(O)Cc1ccccc1. The predicted molar refractivity (Wildman–Crippen MR) is 163 cm³/mol. The van der Waals surface area contributed by atoms with Crippen molar-refractivity contribution >= 4 is 29.8 Å². The zero-order valence-electron chi connectivity index (χ0n) is 24.2. The molecule has 0 aliphatic heterocycles. The van der Waals surface area contributed by atoms with Gasteiger partial charge in [-0.2, -0.15) is 0 Å². The number of carboxylic acid groups (broad SMARTS) is 2. The maximum Gasteiger partial charge on any atom is 0.320 e. The summed E-state index contributed by atoms with van der Waals surface area (Å²) in [6.07, 6.45) is 11.1. The number of nitrogens with one attached hydrogen (secondary N) is 1. The van der Waals surface area contributed by atoms with Gasteiger partial charge in [-0.25, -0.2) is 0 Å². The Morgan fingerprint density at radius 1 is 0.976 bits per heavy atom. The van der Waals surface area contributed by atoms with Crippen LogP contribution >= 0.6 is 0 Å². The maximum absolute atomic E-state index is 11.2. The van der Waals surface area contributed by atoms with Gasteiger partial charge in [0.25, 0.3) is 0 Å². The maximum atomic E-state index is 11.2. The third kappa shape index (κ3) is 21.9. The van der Waals surface area contributed by atoms with Crippen molar-refractivity contribution in [1.29, 1.82) is 0 Å². The largest absolute Gasteiger partial charge is 0.481 e. The number of amides is 1. The molecular formula is C31H48N4O6. The molecule has 1 aliphatic rings. The number of carbonyl (C=O) groups is 4. The second-order valence-corrected chi connectivity index (χ2v) is 9.72. The topological polar surface area (TPSA) is 199 Å². The Bertz CT molecular complexity index is 980. The molecule has 2 aromatic rings. The molecule has 3 rings (SSSR count). The summed E-state index contributed by atoms with van der Waals surface area (Å²) in [5, 5.41) is 19.4. The first-order valence-electron chi connectivity index (χ1n) is 14.2. The number of carbonyl (C=O) groups excluding carboxylic acids is 2. The summed E-state index contributed by atoms with van der Waals surface area (Å²) in [7, 11) is 0. The summed E-state index contributed by atoms with van der Waals surface area (Å²) >= 11 is 0. The number of hydrogen-bond acceptors (Lipinski definition) is 7. The van der Waals surface area contributed by atoms with E-state index in [0.29, 0.717) is 31.0 Å². The lowest BCUT2D eigenvalue weighted by Crippen LogP contribution is -2.29. The van der Waals surface area contributed by atoms with Gasteiger partial charge >= 0.3 is 11.9 Å². The van der Waals surface area contributed by atoms with Crippen LogP contribution in [-0.4, -0.2) is 53.0 Å². The van der Waals surface area contributed by atoms with Crippen LogP contribution in [0.25, 0.3) is 0 Å². The Balaban J connectivity index is 0.000000535. The minimum atomic E-state index is -0.933. The van der Waals surface area contributed by atoms with Gasteiger partial charge in [0.1, 0.15) is 12.3 Å². The number of aldehydes is 1. The highest BCUT2D eigenvalue weighted by atomic mass is 16.4. The number of nitrogens with two attached hydrogens (primary N) is 3. The predicted octanol–water partition coefficient (Wildman–Crippen LogP) is 4.36. The van der Waals surface area contributed by atoms with E-state index in [0.717, 1.165) is 36.8 Å². The van der Waals surface area contributed by atoms with Crippen molar-refractivity contribution < 1.29 is 29.4 Å². The van der Waals surface area contributed by atoms with E-state index >= 15 is 0 Å². The molecule has 10 heteroatoms. The Morgan fingerprint density at radius 3 is 2.02 bits per heavy atom. The molecule has 0 bridgehead atoms. The number of carboxylic acids is 2. The number of anilines is 1. The van der Waals surface area contributed by atoms with Crippen molar-refractivity contribution in [3.63, 3.8) is 0 Å². The molecule has 1 unspecified atom stereocenters. The Morgan fingerprint density at radius 2 is 1.59 bits per heavy atom. The molecule has 1 fully saturated rings. The molecule has 0 spiro atoms. The normalized spacial score (nSPS) is 13.0. The van der Waals surface area contributed by atoms with Gasteiger partial charge < -0.3 is 32.7 Å². The van der Waals surface area contributed by atoms with Crippen LogP contribution in [0.2, 0.25) is 0 Å². The number of benzene rings is 2. The fourth-order valence-corrected chi connectivity index (χ4v) is 3.63. The highest BCUT2D eigenvalue weighted by molar-refractivity contribution is 5.91. The number of unbranched alkanes of at least 4 members (excludes halogenated alkanes) is 1. The van der Waals surface area contributed by atoms with Gasteiger partial charge in [0.2, 0.25) is 5.91 Å². The van der Waals surface area contributed by atoms with Crippen molar-refractivity contribution in [1.82, 2.24) is 0 Å². The van der Waals surface area contributed by atoms with Gasteiger partial charge in [-0.3, -0.25) is 19.2 Å². The minimum absolute atomic E-state index is 0.00588. The fraction of sp³-hybridized carbons (Fsp3) is 0.484. The van der Waals surface area contributed by atoms with Gasteiger partial charge in [-0.15, -0.1) is 0 Å². The van der Waals surface area contributed by atoms with E-state index < -0.39 is 18.0 Å². The second kappa shape index (κ2) is 24.2. The zero-order valence-corrected chi connectivity index (χ0v) is 24.2. The fourth-order valence-electron chi connectivity index (χ4n) is 3.63. The molecular weight excluding hydrogens is 524 g/mol. The van der Waals surface area contributed by atoms with E-state index in [9.17, 15) is 19.2 Å². The van der Waals surface area contributed by atoms with E-state index in [2.05, 4.69) is 5.32 Å². The van der Waals surface area contributed by atoms with Crippen molar-refractivity contribution in [3.8, 4) is 0 Å². The van der Waals surface area contributed by atoms with Gasteiger partial charge in [-0.1, -0.05) is 62.9 Å². The molecule has 9 N–H and O–H groups in total. The van der Waals surface area contributed by atoms with Gasteiger partial charge in [0, 0.05) is 23.7 Å². The molecule has 0 saturated heterocycles. The van der Waals surface area contributed by atoms with E-state index in [1.54, 1.807) is 36.4 Å². The van der Waals surface area contributed by atoms with E-state index in [1.807, 2.05) is 25.1 Å². The average Bonchev–Trinajstić information content (AvgIpc) is 2.95. The standard InChI is InChI=1S/C11H13NO2.C8H8O2.C6H14N2O2.C6H13N/c1-2-3-11(14)12-10-6-4-9(8-13)5-7-10;9-8(10)6-7-4-2-1-3-5-7;7-4-2-1-3-5(8)6(9)10;7-6-4-2-1-3-5-6/h4-8H,2-3H2,1H3,(H,12,14);1-5H,6H2,(H,9,10);5H,1-4,7-8H2,(H,9,10);6H,1-5,7H2. The summed E-state index contributed by atoms with van der Waals surface area (Å²) in [6, 6.07) is 15.7. The first kappa shape index (κ1) is 37.4. The van der Waals surface area contributed by atoms with Gasteiger partial charge in [0.15, 0.2) is 0 Å². The summed E-state index contributed by atoms with van der Waals surface area (Å²) in [4.78, 5) is 41.8. The molecule has 0 heterocycles. The third-order valence-electron chi connectivity index (χ3n) is 5.94. The molecule has 41 heavy (non-hydrogen) atoms. The van der Waals surface area contributed by atoms with Crippen LogP contribution in [-0.2, 0) is 20.8 Å². The van der Waals surface area contributed by atoms with Crippen molar-refractivity contribution in [2.24, 2.45) is 17.2 Å². The highest BCUT2D eigenvalue weighted by Gasteiger charge is 2.09. The number of rotatable bonds is 11. The van der Waals surface area contributed by atoms with E-state index in [1.165, 1.54) is 32.1 Å². The van der Waals surface area contributed by atoms with Crippen LogP contribution in [0.5, 0.6) is 0 Å². The summed E-state index contributed by atoms with van der Waals surface area (Å²) in [5.74, 6) is -1.71. The number of aliphatic carboxylic acids is 2. The first-order chi connectivity index (χ1) is 19.6. The summed E-state index contributed by atoms with van der Waals surface area (Å²) in [6.45, 7) is 2.56. The van der Waals surface area contributed by atoms with Crippen molar-refractivity contribution in [2.45, 2.75) is 89.6 Å². The molecule has 228 valence electrons. The van der Waals surface area contributed by atoms with Crippen LogP contribution in [0.4, 0.5) is 5.69 Å². The molecule has 1 atom stereocenters. The van der Waals surface area contributed by atoms with Crippen molar-refractivity contribution in [2.75, 3.05) is 11.9 Å². The van der Waals surface area contributed by atoms with Gasteiger partial charge in [-0.05, 0) is 68.5 Å². The molecule has 0 radical (unpaired) electrons. The lowest BCUT2D eigenvalue weighted by Gasteiger charge is -2.15. The molecule has 1 amide bonds. The minimum Gasteiger partial charge on any atom is -0.481 e. The van der Waals surface area contributed by atoms with E-state index in [4.69, 9.17) is 27.4 Å². The summed E-state index contributed by atoms with van der Waals surface area (Å²) < 4.78 is 0.